The van der Waals surface area contributed by atoms with Crippen LogP contribution in [0.4, 0.5) is 11.6 Å². The van der Waals surface area contributed by atoms with Gasteiger partial charge in [0.2, 0.25) is 5.95 Å². The number of pyridine rings is 1. The van der Waals surface area contributed by atoms with Crippen LogP contribution in [-0.4, -0.2) is 21.1 Å². The summed E-state index contributed by atoms with van der Waals surface area (Å²) in [6.45, 7) is 1.30. The smallest absolute Gasteiger partial charge is 0.208 e. The van der Waals surface area contributed by atoms with Gasteiger partial charge < -0.3 is 15.6 Å². The van der Waals surface area contributed by atoms with E-state index in [0.717, 1.165) is 29.2 Å². The van der Waals surface area contributed by atoms with E-state index in [1.807, 2.05) is 30.3 Å². The first kappa shape index (κ1) is 11.7. The molecule has 0 saturated carbocycles. The predicted molar refractivity (Wildman–Crippen MR) is 76.3 cm³/mol. The van der Waals surface area contributed by atoms with E-state index in [1.54, 1.807) is 12.4 Å². The van der Waals surface area contributed by atoms with Gasteiger partial charge in [-0.3, -0.25) is 4.98 Å². The number of benzene rings is 1. The maximum Gasteiger partial charge on any atom is 0.208 e. The molecule has 19 heavy (non-hydrogen) atoms. The summed E-state index contributed by atoms with van der Waals surface area (Å²) >= 11 is 0. The average molecular weight is 253 g/mol. The van der Waals surface area contributed by atoms with Crippen LogP contribution in [0.2, 0.25) is 0 Å². The molecule has 0 radical (unpaired) electrons. The molecule has 3 N–H and O–H groups in total. The minimum atomic E-state index is 0.575. The molecule has 2 heterocycles. The molecule has 3 aromatic rings. The molecular formula is C14H15N5. The third-order valence-electron chi connectivity index (χ3n) is 2.94. The first-order valence-electron chi connectivity index (χ1n) is 6.21. The van der Waals surface area contributed by atoms with E-state index >= 15 is 0 Å². The molecule has 0 saturated heterocycles. The van der Waals surface area contributed by atoms with Crippen LogP contribution in [0.3, 0.4) is 0 Å². The van der Waals surface area contributed by atoms with Gasteiger partial charge in [-0.15, -0.1) is 0 Å². The zero-order chi connectivity index (χ0) is 13.1. The molecule has 0 aliphatic heterocycles. The number of imidazole rings is 1. The van der Waals surface area contributed by atoms with Crippen LogP contribution in [0.5, 0.6) is 0 Å². The molecule has 5 heteroatoms. The number of aromatic nitrogens is 3. The lowest BCUT2D eigenvalue weighted by molar-refractivity contribution is 0.736. The Hall–Kier alpha value is -2.40. The zero-order valence-electron chi connectivity index (χ0n) is 10.5. The van der Waals surface area contributed by atoms with Gasteiger partial charge in [0.25, 0.3) is 0 Å². The summed E-state index contributed by atoms with van der Waals surface area (Å²) in [5.74, 6) is 0.804. The summed E-state index contributed by atoms with van der Waals surface area (Å²) in [5.41, 5.74) is 8.70. The van der Waals surface area contributed by atoms with E-state index in [4.69, 9.17) is 5.73 Å². The van der Waals surface area contributed by atoms with Gasteiger partial charge in [-0.05, 0) is 24.3 Å². The summed E-state index contributed by atoms with van der Waals surface area (Å²) < 4.78 is 2.09. The highest BCUT2D eigenvalue weighted by Crippen LogP contribution is 2.22. The van der Waals surface area contributed by atoms with Crippen LogP contribution < -0.4 is 11.1 Å². The molecule has 0 atom stereocenters. The Labute approximate surface area is 111 Å². The number of fused-ring (bicyclic) bond motifs is 1. The van der Waals surface area contributed by atoms with Gasteiger partial charge in [0.05, 0.1) is 11.0 Å². The van der Waals surface area contributed by atoms with E-state index in [2.05, 4.69) is 25.9 Å². The van der Waals surface area contributed by atoms with E-state index in [1.165, 1.54) is 0 Å². The molecule has 0 bridgehead atoms. The zero-order valence-corrected chi connectivity index (χ0v) is 10.5. The van der Waals surface area contributed by atoms with Crippen LogP contribution >= 0.6 is 0 Å². The fourth-order valence-electron chi connectivity index (χ4n) is 2.09. The summed E-state index contributed by atoms with van der Waals surface area (Å²) in [6, 6.07) is 11.9. The first-order chi connectivity index (χ1) is 9.38. The van der Waals surface area contributed by atoms with Crippen LogP contribution in [0.15, 0.2) is 48.8 Å². The lowest BCUT2D eigenvalue weighted by Gasteiger charge is -2.09. The Morgan fingerprint density at radius 1 is 1.11 bits per heavy atom. The summed E-state index contributed by atoms with van der Waals surface area (Å²) in [6.07, 6.45) is 3.50. The lowest BCUT2D eigenvalue weighted by Crippen LogP contribution is -2.12. The Balaban J connectivity index is 2.04. The van der Waals surface area contributed by atoms with Crippen molar-refractivity contribution in [1.82, 2.24) is 14.5 Å². The molecule has 2 aromatic heterocycles. The second kappa shape index (κ2) is 5.07. The van der Waals surface area contributed by atoms with Gasteiger partial charge in [-0.1, -0.05) is 12.1 Å². The van der Waals surface area contributed by atoms with Crippen molar-refractivity contribution in [3.8, 4) is 0 Å². The number of anilines is 2. The fourth-order valence-corrected chi connectivity index (χ4v) is 2.09. The second-order valence-electron chi connectivity index (χ2n) is 4.23. The van der Waals surface area contributed by atoms with Crippen molar-refractivity contribution in [2.24, 2.45) is 5.73 Å². The van der Waals surface area contributed by atoms with Gasteiger partial charge >= 0.3 is 0 Å². The van der Waals surface area contributed by atoms with Crippen LogP contribution in [0.25, 0.3) is 11.0 Å². The SMILES string of the molecule is NCCn1c(Nc2ccncc2)nc2ccccc21. The molecule has 3 rings (SSSR count). The Morgan fingerprint density at radius 3 is 2.68 bits per heavy atom. The molecule has 0 aliphatic rings. The molecule has 0 aliphatic carbocycles. The van der Waals surface area contributed by atoms with Gasteiger partial charge in [-0.25, -0.2) is 4.98 Å². The molecular weight excluding hydrogens is 238 g/mol. The Bertz CT molecular complexity index is 675. The summed E-state index contributed by atoms with van der Waals surface area (Å²) in [5, 5.41) is 3.30. The number of nitrogens with one attached hydrogen (secondary N) is 1. The first-order valence-corrected chi connectivity index (χ1v) is 6.21. The summed E-state index contributed by atoms with van der Waals surface area (Å²) in [7, 11) is 0. The van der Waals surface area contributed by atoms with Crippen LogP contribution in [0.1, 0.15) is 0 Å². The number of hydrogen-bond donors (Lipinski definition) is 2. The largest absolute Gasteiger partial charge is 0.329 e. The third kappa shape index (κ3) is 2.28. The fraction of sp³-hybridized carbons (Fsp3) is 0.143. The van der Waals surface area contributed by atoms with Crippen molar-refractivity contribution >= 4 is 22.7 Å². The van der Waals surface area contributed by atoms with Crippen molar-refractivity contribution < 1.29 is 0 Å². The highest BCUT2D eigenvalue weighted by Gasteiger charge is 2.09. The second-order valence-corrected chi connectivity index (χ2v) is 4.23. The molecule has 0 spiro atoms. The monoisotopic (exact) mass is 253 g/mol. The van der Waals surface area contributed by atoms with Gasteiger partial charge in [0.15, 0.2) is 0 Å². The Kier molecular flexibility index (Phi) is 3.12. The minimum Gasteiger partial charge on any atom is -0.329 e. The minimum absolute atomic E-state index is 0.575. The van der Waals surface area contributed by atoms with Gasteiger partial charge in [-0.2, -0.15) is 0 Å². The standard InChI is InChI=1S/C14H15N5/c15-7-10-19-13-4-2-1-3-12(13)18-14(19)17-11-5-8-16-9-6-11/h1-6,8-9H,7,10,15H2,(H,16,17,18). The van der Waals surface area contributed by atoms with E-state index in [-0.39, 0.29) is 0 Å². The lowest BCUT2D eigenvalue weighted by atomic mass is 10.3. The number of hydrogen-bond acceptors (Lipinski definition) is 4. The molecule has 0 amide bonds. The quantitative estimate of drug-likeness (QED) is 0.747. The maximum absolute atomic E-state index is 5.69. The number of para-hydroxylation sites is 2. The molecule has 0 fully saturated rings. The topological polar surface area (TPSA) is 68.8 Å². The van der Waals surface area contributed by atoms with Crippen molar-refractivity contribution in [2.75, 3.05) is 11.9 Å². The number of rotatable bonds is 4. The van der Waals surface area contributed by atoms with Crippen molar-refractivity contribution in [3.63, 3.8) is 0 Å². The normalized spacial score (nSPS) is 10.8. The molecule has 0 unspecified atom stereocenters. The van der Waals surface area contributed by atoms with Crippen molar-refractivity contribution in [3.05, 3.63) is 48.8 Å². The number of nitrogens with two attached hydrogens (primary N) is 1. The highest BCUT2D eigenvalue weighted by molar-refractivity contribution is 5.79. The molecule has 96 valence electrons. The van der Waals surface area contributed by atoms with Gasteiger partial charge in [0, 0.05) is 31.2 Å². The summed E-state index contributed by atoms with van der Waals surface area (Å²) in [4.78, 5) is 8.60. The van der Waals surface area contributed by atoms with Crippen molar-refractivity contribution in [1.29, 1.82) is 0 Å². The third-order valence-corrected chi connectivity index (χ3v) is 2.94. The van der Waals surface area contributed by atoms with Crippen LogP contribution in [0, 0.1) is 0 Å². The maximum atomic E-state index is 5.69. The highest BCUT2D eigenvalue weighted by atomic mass is 15.2. The van der Waals surface area contributed by atoms with E-state index in [0.29, 0.717) is 6.54 Å². The molecule has 5 nitrogen and oxygen atoms in total. The Morgan fingerprint density at radius 2 is 1.89 bits per heavy atom. The average Bonchev–Trinajstić information content (AvgIpc) is 2.79. The predicted octanol–water partition coefficient (Wildman–Crippen LogP) is 2.13. The number of nitrogens with zero attached hydrogens (tertiary/aromatic N) is 3. The van der Waals surface area contributed by atoms with E-state index < -0.39 is 0 Å². The van der Waals surface area contributed by atoms with Crippen LogP contribution in [-0.2, 0) is 6.54 Å². The van der Waals surface area contributed by atoms with Gasteiger partial charge in [0.1, 0.15) is 0 Å². The molecule has 1 aromatic carbocycles. The van der Waals surface area contributed by atoms with Crippen molar-refractivity contribution in [2.45, 2.75) is 6.54 Å². The van der Waals surface area contributed by atoms with E-state index in [9.17, 15) is 0 Å².